The van der Waals surface area contributed by atoms with Crippen LogP contribution in [0.2, 0.25) is 0 Å². The van der Waals surface area contributed by atoms with Gasteiger partial charge in [-0.05, 0) is 43.5 Å². The highest BCUT2D eigenvalue weighted by atomic mass is 79.9. The monoisotopic (exact) mass is 716 g/mol. The zero-order valence-electron chi connectivity index (χ0n) is 24.0. The van der Waals surface area contributed by atoms with E-state index < -0.39 is 12.1 Å². The molecule has 0 radical (unpaired) electrons. The van der Waals surface area contributed by atoms with E-state index in [4.69, 9.17) is 9.72 Å². The number of amides is 2. The van der Waals surface area contributed by atoms with Gasteiger partial charge in [-0.1, -0.05) is 106 Å². The number of hydrogen-bond donors (Lipinski definition) is 0. The Morgan fingerprint density at radius 2 is 1.50 bits per heavy atom. The van der Waals surface area contributed by atoms with Crippen molar-refractivity contribution in [1.82, 2.24) is 4.98 Å². The summed E-state index contributed by atoms with van der Waals surface area (Å²) in [5.41, 5.74) is 3.14. The number of nitrogens with zero attached hydrogens (tertiary/aromatic N) is 2. The second kappa shape index (κ2) is 12.7. The van der Waals surface area contributed by atoms with E-state index in [1.165, 1.54) is 4.90 Å². The van der Waals surface area contributed by atoms with Gasteiger partial charge in [-0.15, -0.1) is 0 Å². The molecule has 1 saturated carbocycles. The highest BCUT2D eigenvalue weighted by Crippen LogP contribution is 2.44. The normalized spacial score (nSPS) is 22.1. The summed E-state index contributed by atoms with van der Waals surface area (Å²) < 4.78 is 5.86. The molecule has 224 valence electrons. The minimum Gasteiger partial charge on any atom is -0.450 e. The third kappa shape index (κ3) is 5.75. The molecule has 0 spiro atoms. The fourth-order valence-electron chi connectivity index (χ4n) is 6.11. The summed E-state index contributed by atoms with van der Waals surface area (Å²) >= 11 is 7.27. The van der Waals surface area contributed by atoms with E-state index in [1.807, 2.05) is 31.2 Å². The van der Waals surface area contributed by atoms with Crippen LogP contribution in [0, 0.1) is 11.8 Å². The molecular weight excluding hydrogens is 688 g/mol. The Balaban J connectivity index is 1.29. The van der Waals surface area contributed by atoms with Crippen molar-refractivity contribution in [2.75, 3.05) is 4.90 Å². The number of halogens is 2. The highest BCUT2D eigenvalue weighted by molar-refractivity contribution is 9.12. The molecular formula is C35H30Br2N2O5. The van der Waals surface area contributed by atoms with Crippen molar-refractivity contribution in [1.29, 1.82) is 0 Å². The summed E-state index contributed by atoms with van der Waals surface area (Å²) in [7, 11) is 0. The van der Waals surface area contributed by atoms with Crippen LogP contribution >= 0.6 is 31.9 Å². The van der Waals surface area contributed by atoms with Crippen molar-refractivity contribution in [2.24, 2.45) is 11.8 Å². The maximum absolute atomic E-state index is 13.6. The molecule has 0 bridgehead atoms. The van der Waals surface area contributed by atoms with Gasteiger partial charge in [0.15, 0.2) is 6.10 Å². The number of esters is 1. The Hall–Kier alpha value is -3.69. The topological polar surface area (TPSA) is 93.6 Å². The maximum Gasteiger partial charge on any atom is 0.339 e. The Kier molecular flexibility index (Phi) is 8.78. The van der Waals surface area contributed by atoms with Crippen LogP contribution in [0.4, 0.5) is 5.69 Å². The van der Waals surface area contributed by atoms with Crippen LogP contribution in [0.1, 0.15) is 53.3 Å². The number of ether oxygens (including phenoxy) is 1. The minimum atomic E-state index is -0.913. The molecule has 3 aromatic carbocycles. The van der Waals surface area contributed by atoms with E-state index >= 15 is 0 Å². The number of aromatic nitrogens is 1. The first-order valence-corrected chi connectivity index (χ1v) is 16.6. The lowest BCUT2D eigenvalue weighted by atomic mass is 9.81. The van der Waals surface area contributed by atoms with E-state index in [9.17, 15) is 19.2 Å². The zero-order chi connectivity index (χ0) is 31.0. The molecule has 7 nitrogen and oxygen atoms in total. The van der Waals surface area contributed by atoms with E-state index in [0.717, 1.165) is 0 Å². The van der Waals surface area contributed by atoms with Gasteiger partial charge in [0.05, 0.1) is 34.3 Å². The van der Waals surface area contributed by atoms with Crippen LogP contribution < -0.4 is 4.90 Å². The van der Waals surface area contributed by atoms with Crippen molar-refractivity contribution in [3.8, 4) is 11.3 Å². The molecule has 6 rings (SSSR count). The number of imide groups is 1. The van der Waals surface area contributed by atoms with Crippen LogP contribution in [0.3, 0.4) is 0 Å². The number of para-hydroxylation sites is 1. The largest absolute Gasteiger partial charge is 0.450 e. The van der Waals surface area contributed by atoms with E-state index in [0.29, 0.717) is 64.7 Å². The number of anilines is 1. The summed E-state index contributed by atoms with van der Waals surface area (Å²) in [6.45, 7) is 1.94. The lowest BCUT2D eigenvalue weighted by Crippen LogP contribution is -2.34. The molecule has 2 amide bonds. The van der Waals surface area contributed by atoms with E-state index in [-0.39, 0.29) is 39.1 Å². The van der Waals surface area contributed by atoms with Crippen LogP contribution in [0.15, 0.2) is 84.9 Å². The Bertz CT molecular complexity index is 1720. The highest BCUT2D eigenvalue weighted by Gasteiger charge is 2.52. The number of carbonyl (C=O) groups excluding carboxylic acids is 4. The number of carbonyl (C=O) groups is 4. The van der Waals surface area contributed by atoms with Crippen LogP contribution in [-0.4, -0.2) is 44.3 Å². The molecule has 2 fully saturated rings. The standard InChI is InChI=1S/C35H30Br2N2O5/c1-2-8-31(32(40)21-9-4-3-5-10-21)44-35(43)26-19-30(38-29-12-7-6-11-23(26)29)20-13-15-22(16-14-20)39-33(41)24-17-27(36)28(37)18-25(24)34(39)42/h3-7,9-16,19,24-25,27-28,31H,2,8,17-18H2,1H3. The van der Waals surface area contributed by atoms with Gasteiger partial charge in [0.2, 0.25) is 17.6 Å². The Labute approximate surface area is 272 Å². The second-order valence-corrected chi connectivity index (χ2v) is 13.6. The zero-order valence-corrected chi connectivity index (χ0v) is 27.2. The molecule has 1 aliphatic heterocycles. The summed E-state index contributed by atoms with van der Waals surface area (Å²) in [6.07, 6.45) is 1.37. The second-order valence-electron chi connectivity index (χ2n) is 11.3. The van der Waals surface area contributed by atoms with Gasteiger partial charge in [-0.25, -0.2) is 9.78 Å². The summed E-state index contributed by atoms with van der Waals surface area (Å²) in [5, 5.41) is 0.617. The number of alkyl halides is 2. The predicted octanol–water partition coefficient (Wildman–Crippen LogP) is 7.54. The number of pyridine rings is 1. The molecule has 1 aromatic heterocycles. The van der Waals surface area contributed by atoms with Gasteiger partial charge in [-0.2, -0.15) is 0 Å². The van der Waals surface area contributed by atoms with Crippen molar-refractivity contribution < 1.29 is 23.9 Å². The first kappa shape index (κ1) is 30.3. The van der Waals surface area contributed by atoms with Crippen molar-refractivity contribution in [3.05, 3.63) is 96.1 Å². The average Bonchev–Trinajstić information content (AvgIpc) is 3.28. The minimum absolute atomic E-state index is 0.136. The number of hydrogen-bond acceptors (Lipinski definition) is 6. The Morgan fingerprint density at radius 3 is 2.14 bits per heavy atom. The third-order valence-electron chi connectivity index (χ3n) is 8.42. The van der Waals surface area contributed by atoms with Gasteiger partial charge in [0, 0.05) is 26.2 Å². The number of ketones is 1. The molecule has 2 heterocycles. The number of fused-ring (bicyclic) bond motifs is 2. The number of Topliss-reactive ketones (excluding diaryl/α,β-unsaturated/α-hetero) is 1. The molecule has 5 atom stereocenters. The van der Waals surface area contributed by atoms with Crippen molar-refractivity contribution in [2.45, 2.75) is 48.4 Å². The lowest BCUT2D eigenvalue weighted by molar-refractivity contribution is -0.122. The molecule has 1 aliphatic carbocycles. The molecule has 0 N–H and O–H groups in total. The maximum atomic E-state index is 13.6. The van der Waals surface area contributed by atoms with E-state index in [1.54, 1.807) is 60.7 Å². The van der Waals surface area contributed by atoms with E-state index in [2.05, 4.69) is 31.9 Å². The van der Waals surface area contributed by atoms with Crippen molar-refractivity contribution >= 4 is 72.0 Å². The van der Waals surface area contributed by atoms with Gasteiger partial charge < -0.3 is 4.74 Å². The van der Waals surface area contributed by atoms with Gasteiger partial charge in [-0.3, -0.25) is 19.3 Å². The third-order valence-corrected chi connectivity index (χ3v) is 11.2. The molecule has 9 heteroatoms. The van der Waals surface area contributed by atoms with Gasteiger partial charge in [0.1, 0.15) is 0 Å². The fourth-order valence-corrected chi connectivity index (χ4v) is 7.35. The summed E-state index contributed by atoms with van der Waals surface area (Å²) in [5.74, 6) is -1.84. The van der Waals surface area contributed by atoms with Crippen LogP contribution in [-0.2, 0) is 14.3 Å². The van der Waals surface area contributed by atoms with Crippen molar-refractivity contribution in [3.63, 3.8) is 0 Å². The summed E-state index contributed by atoms with van der Waals surface area (Å²) in [4.78, 5) is 59.8. The molecule has 4 aromatic rings. The first-order chi connectivity index (χ1) is 21.3. The smallest absolute Gasteiger partial charge is 0.339 e. The molecule has 2 aliphatic rings. The first-order valence-electron chi connectivity index (χ1n) is 14.7. The predicted molar refractivity (Wildman–Crippen MR) is 176 cm³/mol. The average molecular weight is 718 g/mol. The molecule has 1 saturated heterocycles. The Morgan fingerprint density at radius 1 is 0.886 bits per heavy atom. The number of benzene rings is 3. The van der Waals surface area contributed by atoms with Crippen LogP contribution in [0.25, 0.3) is 22.2 Å². The molecule has 5 unspecified atom stereocenters. The van der Waals surface area contributed by atoms with Crippen LogP contribution in [0.5, 0.6) is 0 Å². The quantitative estimate of drug-likeness (QED) is 0.0810. The molecule has 44 heavy (non-hydrogen) atoms. The van der Waals surface area contributed by atoms with Gasteiger partial charge >= 0.3 is 5.97 Å². The number of rotatable bonds is 8. The van der Waals surface area contributed by atoms with Gasteiger partial charge in [0.25, 0.3) is 0 Å². The summed E-state index contributed by atoms with van der Waals surface area (Å²) in [6, 6.07) is 24.9. The fraction of sp³-hybridized carbons (Fsp3) is 0.286. The lowest BCUT2D eigenvalue weighted by Gasteiger charge is -2.29. The SMILES string of the molecule is CCCC(OC(=O)c1cc(-c2ccc(N3C(=O)C4CC(Br)C(Br)CC4C3=O)cc2)nc2ccccc12)C(=O)c1ccccc1.